The van der Waals surface area contributed by atoms with Gasteiger partial charge in [0.15, 0.2) is 0 Å². The predicted octanol–water partition coefficient (Wildman–Crippen LogP) is 4.35. The quantitative estimate of drug-likeness (QED) is 0.873. The van der Waals surface area contributed by atoms with Gasteiger partial charge in [-0.15, -0.1) is 11.3 Å². The second kappa shape index (κ2) is 4.88. The average molecular weight is 315 g/mol. The van der Waals surface area contributed by atoms with Gasteiger partial charge in [0.25, 0.3) is 0 Å². The molecule has 17 heavy (non-hydrogen) atoms. The van der Waals surface area contributed by atoms with E-state index in [4.69, 9.17) is 0 Å². The summed E-state index contributed by atoms with van der Waals surface area (Å²) in [5, 5.41) is 10.2. The molecule has 90 valence electrons. The SMILES string of the molecule is Cc1cc(C)c(C(O)c2ccc(Br)c(F)c2)s1. The molecule has 1 aromatic carbocycles. The molecule has 1 heterocycles. The van der Waals surface area contributed by atoms with Crippen LogP contribution in [0, 0.1) is 19.7 Å². The Morgan fingerprint density at radius 2 is 2.00 bits per heavy atom. The summed E-state index contributed by atoms with van der Waals surface area (Å²) in [6.45, 7) is 3.95. The van der Waals surface area contributed by atoms with Crippen molar-refractivity contribution in [3.63, 3.8) is 0 Å². The maximum Gasteiger partial charge on any atom is 0.137 e. The molecule has 1 unspecified atom stereocenters. The van der Waals surface area contributed by atoms with Gasteiger partial charge in [-0.1, -0.05) is 6.07 Å². The Morgan fingerprint density at radius 1 is 1.29 bits per heavy atom. The van der Waals surface area contributed by atoms with Crippen LogP contribution in [0.1, 0.15) is 27.0 Å². The lowest BCUT2D eigenvalue weighted by atomic mass is 10.1. The largest absolute Gasteiger partial charge is 0.383 e. The average Bonchev–Trinajstić information content (AvgIpc) is 2.61. The zero-order valence-corrected chi connectivity index (χ0v) is 11.9. The molecule has 0 spiro atoms. The van der Waals surface area contributed by atoms with E-state index in [2.05, 4.69) is 15.9 Å². The standard InChI is InChI=1S/C13H12BrFOS/c1-7-5-8(2)17-13(7)12(16)9-3-4-10(14)11(15)6-9/h3-6,12,16H,1-2H3. The van der Waals surface area contributed by atoms with E-state index in [1.807, 2.05) is 19.9 Å². The summed E-state index contributed by atoms with van der Waals surface area (Å²) in [7, 11) is 0. The lowest BCUT2D eigenvalue weighted by Crippen LogP contribution is -1.99. The summed E-state index contributed by atoms with van der Waals surface area (Å²) in [6.07, 6.45) is -0.753. The third-order valence-corrected chi connectivity index (χ3v) is 4.44. The molecule has 1 N–H and O–H groups in total. The third-order valence-electron chi connectivity index (χ3n) is 2.59. The molecule has 4 heteroatoms. The van der Waals surface area contributed by atoms with Gasteiger partial charge in [-0.3, -0.25) is 0 Å². The molecule has 0 saturated heterocycles. The second-order valence-corrected chi connectivity index (χ2v) is 6.12. The van der Waals surface area contributed by atoms with Gasteiger partial charge in [-0.05, 0) is 59.1 Å². The van der Waals surface area contributed by atoms with Gasteiger partial charge >= 0.3 is 0 Å². The van der Waals surface area contributed by atoms with Crippen LogP contribution in [-0.4, -0.2) is 5.11 Å². The van der Waals surface area contributed by atoms with Gasteiger partial charge in [0.1, 0.15) is 11.9 Å². The molecular formula is C13H12BrFOS. The Kier molecular flexibility index (Phi) is 3.66. The van der Waals surface area contributed by atoms with E-state index >= 15 is 0 Å². The zero-order chi connectivity index (χ0) is 12.6. The molecule has 1 nitrogen and oxygen atoms in total. The summed E-state index contributed by atoms with van der Waals surface area (Å²) in [5.41, 5.74) is 1.62. The van der Waals surface area contributed by atoms with Crippen LogP contribution < -0.4 is 0 Å². The smallest absolute Gasteiger partial charge is 0.137 e. The molecule has 1 aromatic heterocycles. The number of halogens is 2. The van der Waals surface area contributed by atoms with Gasteiger partial charge in [-0.25, -0.2) is 4.39 Å². The first-order valence-electron chi connectivity index (χ1n) is 5.19. The number of aryl methyl sites for hydroxylation is 2. The molecule has 1 atom stereocenters. The highest BCUT2D eigenvalue weighted by Gasteiger charge is 2.16. The highest BCUT2D eigenvalue weighted by atomic mass is 79.9. The fourth-order valence-corrected chi connectivity index (χ4v) is 3.06. The molecule has 0 fully saturated rings. The number of aliphatic hydroxyl groups excluding tert-OH is 1. The van der Waals surface area contributed by atoms with Gasteiger partial charge < -0.3 is 5.11 Å². The summed E-state index contributed by atoms with van der Waals surface area (Å²) in [5.74, 6) is -0.354. The van der Waals surface area contributed by atoms with Crippen molar-refractivity contribution in [2.45, 2.75) is 20.0 Å². The molecule has 0 saturated carbocycles. The fraction of sp³-hybridized carbons (Fsp3) is 0.231. The van der Waals surface area contributed by atoms with Crippen LogP contribution in [0.4, 0.5) is 4.39 Å². The van der Waals surface area contributed by atoms with Crippen molar-refractivity contribution in [3.8, 4) is 0 Å². The normalized spacial score (nSPS) is 12.8. The Labute approximate surface area is 112 Å². The van der Waals surface area contributed by atoms with Crippen molar-refractivity contribution >= 4 is 27.3 Å². The minimum absolute atomic E-state index is 0.354. The van der Waals surface area contributed by atoms with E-state index in [-0.39, 0.29) is 5.82 Å². The van der Waals surface area contributed by atoms with Crippen LogP contribution >= 0.6 is 27.3 Å². The number of aliphatic hydroxyl groups is 1. The van der Waals surface area contributed by atoms with Crippen molar-refractivity contribution < 1.29 is 9.50 Å². The van der Waals surface area contributed by atoms with Gasteiger partial charge in [0.05, 0.1) is 4.47 Å². The molecule has 0 bridgehead atoms. The monoisotopic (exact) mass is 314 g/mol. The first-order valence-corrected chi connectivity index (χ1v) is 6.80. The van der Waals surface area contributed by atoms with Crippen LogP contribution in [0.2, 0.25) is 0 Å². The number of rotatable bonds is 2. The minimum atomic E-state index is -0.753. The van der Waals surface area contributed by atoms with Crippen LogP contribution in [0.15, 0.2) is 28.7 Å². The maximum atomic E-state index is 13.4. The van der Waals surface area contributed by atoms with Crippen molar-refractivity contribution in [1.82, 2.24) is 0 Å². The summed E-state index contributed by atoms with van der Waals surface area (Å²) in [6, 6.07) is 6.73. The third kappa shape index (κ3) is 2.59. The molecule has 0 aliphatic rings. The van der Waals surface area contributed by atoms with Gasteiger partial charge in [-0.2, -0.15) is 0 Å². The number of hydrogen-bond acceptors (Lipinski definition) is 2. The van der Waals surface area contributed by atoms with E-state index in [1.165, 1.54) is 6.07 Å². The van der Waals surface area contributed by atoms with E-state index in [9.17, 15) is 9.50 Å². The molecule has 0 radical (unpaired) electrons. The van der Waals surface area contributed by atoms with E-state index in [1.54, 1.807) is 23.5 Å². The molecular weight excluding hydrogens is 303 g/mol. The highest BCUT2D eigenvalue weighted by molar-refractivity contribution is 9.10. The molecule has 0 amide bonds. The van der Waals surface area contributed by atoms with E-state index < -0.39 is 6.10 Å². The fourth-order valence-electron chi connectivity index (χ4n) is 1.76. The van der Waals surface area contributed by atoms with Crippen LogP contribution in [-0.2, 0) is 0 Å². The predicted molar refractivity (Wildman–Crippen MR) is 72.0 cm³/mol. The van der Waals surface area contributed by atoms with Crippen molar-refractivity contribution in [3.05, 3.63) is 55.4 Å². The Hall–Kier alpha value is -0.710. The maximum absolute atomic E-state index is 13.4. The van der Waals surface area contributed by atoms with Crippen molar-refractivity contribution in [2.75, 3.05) is 0 Å². The van der Waals surface area contributed by atoms with Gasteiger partial charge in [0.2, 0.25) is 0 Å². The van der Waals surface area contributed by atoms with E-state index in [0.29, 0.717) is 10.0 Å². The second-order valence-electron chi connectivity index (χ2n) is 3.98. The minimum Gasteiger partial charge on any atom is -0.383 e. The van der Waals surface area contributed by atoms with Gasteiger partial charge in [0, 0.05) is 9.75 Å². The highest BCUT2D eigenvalue weighted by Crippen LogP contribution is 2.32. The van der Waals surface area contributed by atoms with Crippen LogP contribution in [0.25, 0.3) is 0 Å². The molecule has 2 aromatic rings. The number of benzene rings is 1. The van der Waals surface area contributed by atoms with Crippen LogP contribution in [0.5, 0.6) is 0 Å². The topological polar surface area (TPSA) is 20.2 Å². The summed E-state index contributed by atoms with van der Waals surface area (Å²) in [4.78, 5) is 2.03. The van der Waals surface area contributed by atoms with Crippen molar-refractivity contribution in [2.24, 2.45) is 0 Å². The number of hydrogen-bond donors (Lipinski definition) is 1. The first-order chi connectivity index (χ1) is 7.99. The Morgan fingerprint density at radius 3 is 2.53 bits per heavy atom. The summed E-state index contributed by atoms with van der Waals surface area (Å²) < 4.78 is 13.8. The molecule has 0 aliphatic carbocycles. The Bertz CT molecular complexity index is 550. The number of thiophene rings is 1. The lowest BCUT2D eigenvalue weighted by Gasteiger charge is -2.11. The Balaban J connectivity index is 2.40. The van der Waals surface area contributed by atoms with Crippen molar-refractivity contribution in [1.29, 1.82) is 0 Å². The molecule has 2 rings (SSSR count). The van der Waals surface area contributed by atoms with E-state index in [0.717, 1.165) is 15.3 Å². The summed E-state index contributed by atoms with van der Waals surface area (Å²) >= 11 is 4.64. The molecule has 0 aliphatic heterocycles. The zero-order valence-electron chi connectivity index (χ0n) is 9.50. The first kappa shape index (κ1) is 12.7. The lowest BCUT2D eigenvalue weighted by molar-refractivity contribution is 0.223. The van der Waals surface area contributed by atoms with Crippen LogP contribution in [0.3, 0.4) is 0 Å².